The molecule has 2 amide bonds. The fourth-order valence-corrected chi connectivity index (χ4v) is 3.81. The van der Waals surface area contributed by atoms with Crippen LogP contribution in [0.1, 0.15) is 28.8 Å². The molecule has 6 nitrogen and oxygen atoms in total. The van der Waals surface area contributed by atoms with Gasteiger partial charge in [-0.1, -0.05) is 35.3 Å². The van der Waals surface area contributed by atoms with Crippen molar-refractivity contribution >= 4 is 40.7 Å². The molecule has 1 heterocycles. The first kappa shape index (κ1) is 22.1. The maximum absolute atomic E-state index is 12.8. The lowest BCUT2D eigenvalue weighted by molar-refractivity contribution is -0.116. The highest BCUT2D eigenvalue weighted by Gasteiger charge is 2.22. The van der Waals surface area contributed by atoms with Gasteiger partial charge in [0, 0.05) is 38.3 Å². The summed E-state index contributed by atoms with van der Waals surface area (Å²) >= 11 is 12.2. The summed E-state index contributed by atoms with van der Waals surface area (Å²) in [6.07, 6.45) is 1.17. The topological polar surface area (TPSA) is 76.4 Å². The van der Waals surface area contributed by atoms with Crippen molar-refractivity contribution in [3.8, 4) is 6.07 Å². The van der Waals surface area contributed by atoms with Crippen molar-refractivity contribution in [1.29, 1.82) is 5.26 Å². The van der Waals surface area contributed by atoms with Crippen LogP contribution in [0.2, 0.25) is 10.0 Å². The molecule has 3 rings (SSSR count). The number of carbonyl (C=O) groups is 2. The SMILES string of the molecule is N#Cc1ccc(NC(=O)CCN2CCCN(C(=O)c3ccccc3Cl)CC2)cc1Cl. The Kier molecular flexibility index (Phi) is 7.69. The van der Waals surface area contributed by atoms with Crippen molar-refractivity contribution in [2.45, 2.75) is 12.8 Å². The fraction of sp³-hybridized carbons (Fsp3) is 0.318. The van der Waals surface area contributed by atoms with Crippen LogP contribution in [-0.2, 0) is 4.79 Å². The van der Waals surface area contributed by atoms with Crippen LogP contribution in [0.3, 0.4) is 0 Å². The van der Waals surface area contributed by atoms with Gasteiger partial charge in [-0.05, 0) is 43.3 Å². The summed E-state index contributed by atoms with van der Waals surface area (Å²) in [7, 11) is 0. The molecule has 1 fully saturated rings. The van der Waals surface area contributed by atoms with Gasteiger partial charge in [0.15, 0.2) is 0 Å². The van der Waals surface area contributed by atoms with Crippen LogP contribution in [0.4, 0.5) is 5.69 Å². The number of halogens is 2. The Bertz CT molecular complexity index is 974. The van der Waals surface area contributed by atoms with Gasteiger partial charge in [0.05, 0.1) is 21.2 Å². The van der Waals surface area contributed by atoms with E-state index in [1.807, 2.05) is 17.0 Å². The molecule has 0 spiro atoms. The van der Waals surface area contributed by atoms with Crippen molar-refractivity contribution in [2.24, 2.45) is 0 Å². The zero-order chi connectivity index (χ0) is 21.5. The van der Waals surface area contributed by atoms with Crippen LogP contribution < -0.4 is 5.32 Å². The van der Waals surface area contributed by atoms with Gasteiger partial charge in [0.25, 0.3) is 5.91 Å². The Labute approximate surface area is 186 Å². The van der Waals surface area contributed by atoms with Crippen LogP contribution in [0.15, 0.2) is 42.5 Å². The predicted octanol–water partition coefficient (Wildman–Crippen LogP) is 4.04. The Morgan fingerprint density at radius 1 is 1.03 bits per heavy atom. The minimum Gasteiger partial charge on any atom is -0.337 e. The van der Waals surface area contributed by atoms with E-state index in [0.29, 0.717) is 59.5 Å². The third kappa shape index (κ3) is 5.73. The number of nitrogens with one attached hydrogen (secondary N) is 1. The van der Waals surface area contributed by atoms with E-state index >= 15 is 0 Å². The molecule has 2 aromatic carbocycles. The van der Waals surface area contributed by atoms with E-state index in [0.717, 1.165) is 13.0 Å². The van der Waals surface area contributed by atoms with E-state index in [1.165, 1.54) is 0 Å². The number of benzene rings is 2. The molecule has 0 unspecified atom stereocenters. The summed E-state index contributed by atoms with van der Waals surface area (Å²) in [4.78, 5) is 29.0. The van der Waals surface area contributed by atoms with E-state index in [1.54, 1.807) is 36.4 Å². The summed E-state index contributed by atoms with van der Waals surface area (Å²) in [5, 5.41) is 12.5. The van der Waals surface area contributed by atoms with Crippen LogP contribution in [0, 0.1) is 11.3 Å². The first-order valence-corrected chi connectivity index (χ1v) is 10.5. The molecule has 1 saturated heterocycles. The van der Waals surface area contributed by atoms with Gasteiger partial charge in [-0.2, -0.15) is 5.26 Å². The van der Waals surface area contributed by atoms with Gasteiger partial charge in [-0.25, -0.2) is 0 Å². The molecule has 2 aromatic rings. The van der Waals surface area contributed by atoms with E-state index < -0.39 is 0 Å². The molecule has 0 radical (unpaired) electrons. The molecule has 0 aromatic heterocycles. The van der Waals surface area contributed by atoms with Gasteiger partial charge in [-0.15, -0.1) is 0 Å². The summed E-state index contributed by atoms with van der Waals surface area (Å²) in [5.74, 6) is -0.179. The highest BCUT2D eigenvalue weighted by molar-refractivity contribution is 6.33. The molecular formula is C22H22Cl2N4O2. The molecule has 1 aliphatic rings. The smallest absolute Gasteiger partial charge is 0.255 e. The number of amides is 2. The predicted molar refractivity (Wildman–Crippen MR) is 118 cm³/mol. The maximum atomic E-state index is 12.8. The molecule has 0 saturated carbocycles. The lowest BCUT2D eigenvalue weighted by Gasteiger charge is -2.22. The first-order chi connectivity index (χ1) is 14.5. The van der Waals surface area contributed by atoms with E-state index in [4.69, 9.17) is 28.5 Å². The largest absolute Gasteiger partial charge is 0.337 e. The van der Waals surface area contributed by atoms with Crippen LogP contribution >= 0.6 is 23.2 Å². The number of carbonyl (C=O) groups excluding carboxylic acids is 2. The molecule has 30 heavy (non-hydrogen) atoms. The van der Waals surface area contributed by atoms with Crippen LogP contribution in [-0.4, -0.2) is 54.3 Å². The maximum Gasteiger partial charge on any atom is 0.255 e. The van der Waals surface area contributed by atoms with Crippen LogP contribution in [0.25, 0.3) is 0 Å². The summed E-state index contributed by atoms with van der Waals surface area (Å²) in [6, 6.07) is 13.9. The molecule has 0 atom stereocenters. The lowest BCUT2D eigenvalue weighted by atomic mass is 10.2. The first-order valence-electron chi connectivity index (χ1n) is 9.73. The quantitative estimate of drug-likeness (QED) is 0.754. The third-order valence-corrected chi connectivity index (χ3v) is 5.65. The standard InChI is InChI=1S/C22H22Cl2N4O2/c23-19-5-2-1-4-18(19)22(30)28-10-3-9-27(12-13-28)11-8-21(29)26-17-7-6-16(15-25)20(24)14-17/h1-2,4-7,14H,3,8-13H2,(H,26,29). The normalized spacial score (nSPS) is 14.6. The Balaban J connectivity index is 1.48. The fourth-order valence-electron chi connectivity index (χ4n) is 3.37. The molecule has 0 bridgehead atoms. The van der Waals surface area contributed by atoms with Gasteiger partial charge < -0.3 is 15.1 Å². The van der Waals surface area contributed by atoms with E-state index in [2.05, 4.69) is 10.2 Å². The minimum atomic E-state index is -0.121. The summed E-state index contributed by atoms with van der Waals surface area (Å²) in [5.41, 5.74) is 1.46. The van der Waals surface area contributed by atoms with E-state index in [9.17, 15) is 9.59 Å². The second kappa shape index (κ2) is 10.4. The van der Waals surface area contributed by atoms with E-state index in [-0.39, 0.29) is 11.8 Å². The van der Waals surface area contributed by atoms with Gasteiger partial charge in [0.1, 0.15) is 6.07 Å². The van der Waals surface area contributed by atoms with Gasteiger partial charge >= 0.3 is 0 Å². The molecule has 0 aliphatic carbocycles. The van der Waals surface area contributed by atoms with Crippen molar-refractivity contribution < 1.29 is 9.59 Å². The number of nitriles is 1. The third-order valence-electron chi connectivity index (χ3n) is 5.01. The highest BCUT2D eigenvalue weighted by atomic mass is 35.5. The molecule has 1 aliphatic heterocycles. The average molecular weight is 445 g/mol. The number of hydrogen-bond acceptors (Lipinski definition) is 4. The Morgan fingerprint density at radius 3 is 2.57 bits per heavy atom. The highest BCUT2D eigenvalue weighted by Crippen LogP contribution is 2.21. The Morgan fingerprint density at radius 2 is 1.83 bits per heavy atom. The van der Waals surface area contributed by atoms with Crippen molar-refractivity contribution in [3.63, 3.8) is 0 Å². The van der Waals surface area contributed by atoms with Crippen molar-refractivity contribution in [1.82, 2.24) is 9.80 Å². The zero-order valence-electron chi connectivity index (χ0n) is 16.4. The number of hydrogen-bond donors (Lipinski definition) is 1. The summed E-state index contributed by atoms with van der Waals surface area (Å²) in [6.45, 7) is 3.38. The van der Waals surface area contributed by atoms with Gasteiger partial charge in [-0.3, -0.25) is 9.59 Å². The van der Waals surface area contributed by atoms with Crippen molar-refractivity contribution in [2.75, 3.05) is 38.0 Å². The zero-order valence-corrected chi connectivity index (χ0v) is 17.9. The number of anilines is 1. The molecule has 8 heteroatoms. The Hall–Kier alpha value is -2.59. The van der Waals surface area contributed by atoms with Crippen molar-refractivity contribution in [3.05, 3.63) is 63.6 Å². The average Bonchev–Trinajstić information content (AvgIpc) is 2.98. The second-order valence-corrected chi connectivity index (χ2v) is 7.89. The van der Waals surface area contributed by atoms with Crippen LogP contribution in [0.5, 0.6) is 0 Å². The lowest BCUT2D eigenvalue weighted by Crippen LogP contribution is -2.36. The molecular weight excluding hydrogens is 423 g/mol. The summed E-state index contributed by atoms with van der Waals surface area (Å²) < 4.78 is 0. The number of rotatable bonds is 5. The monoisotopic (exact) mass is 444 g/mol. The second-order valence-electron chi connectivity index (χ2n) is 7.07. The molecule has 156 valence electrons. The minimum absolute atomic E-state index is 0.0575. The number of nitrogens with zero attached hydrogens (tertiary/aromatic N) is 3. The van der Waals surface area contributed by atoms with Gasteiger partial charge in [0.2, 0.25) is 5.91 Å². The molecule has 1 N–H and O–H groups in total.